The molecular formula is C10H14N2O3. The summed E-state index contributed by atoms with van der Waals surface area (Å²) in [6.07, 6.45) is 1.43. The standard InChI is InChI=1S/C10H14N2O3/c1-4-15-10(14)9-6(2)8(7(3)13)5-12(9)11/h5H,4,11H2,1-3H3. The number of nitrogens with two attached hydrogens (primary N) is 1. The summed E-state index contributed by atoms with van der Waals surface area (Å²) in [5.41, 5.74) is 1.23. The average molecular weight is 210 g/mol. The number of hydrogen-bond donors (Lipinski definition) is 1. The first-order valence-corrected chi connectivity index (χ1v) is 4.64. The summed E-state index contributed by atoms with van der Waals surface area (Å²) in [5, 5.41) is 0. The fourth-order valence-corrected chi connectivity index (χ4v) is 1.43. The Bertz CT molecular complexity index is 407. The summed E-state index contributed by atoms with van der Waals surface area (Å²) >= 11 is 0. The molecule has 0 radical (unpaired) electrons. The molecule has 5 heteroatoms. The predicted octanol–water partition coefficient (Wildman–Crippen LogP) is 0.890. The second kappa shape index (κ2) is 4.16. The zero-order valence-corrected chi connectivity index (χ0v) is 9.03. The van der Waals surface area contributed by atoms with Crippen LogP contribution in [0.4, 0.5) is 0 Å². The van der Waals surface area contributed by atoms with Crippen LogP contribution in [-0.4, -0.2) is 23.0 Å². The van der Waals surface area contributed by atoms with Crippen LogP contribution in [-0.2, 0) is 4.74 Å². The van der Waals surface area contributed by atoms with E-state index in [9.17, 15) is 9.59 Å². The van der Waals surface area contributed by atoms with Crippen molar-refractivity contribution < 1.29 is 14.3 Å². The average Bonchev–Trinajstić information content (AvgIpc) is 2.42. The van der Waals surface area contributed by atoms with Crippen molar-refractivity contribution in [3.63, 3.8) is 0 Å². The lowest BCUT2D eigenvalue weighted by Crippen LogP contribution is -2.18. The van der Waals surface area contributed by atoms with E-state index in [0.29, 0.717) is 11.1 Å². The maximum atomic E-state index is 11.5. The molecular weight excluding hydrogens is 196 g/mol. The Morgan fingerprint density at radius 1 is 1.53 bits per heavy atom. The molecule has 0 saturated carbocycles. The van der Waals surface area contributed by atoms with Crippen LogP contribution in [0, 0.1) is 6.92 Å². The molecule has 0 unspecified atom stereocenters. The molecule has 0 aliphatic carbocycles. The van der Waals surface area contributed by atoms with Crippen molar-refractivity contribution in [3.05, 3.63) is 23.0 Å². The quantitative estimate of drug-likeness (QED) is 0.456. The van der Waals surface area contributed by atoms with Crippen molar-refractivity contribution in [3.8, 4) is 0 Å². The summed E-state index contributed by atoms with van der Waals surface area (Å²) in [7, 11) is 0. The van der Waals surface area contributed by atoms with Crippen molar-refractivity contribution in [2.24, 2.45) is 0 Å². The van der Waals surface area contributed by atoms with Crippen molar-refractivity contribution in [1.82, 2.24) is 4.68 Å². The molecule has 82 valence electrons. The van der Waals surface area contributed by atoms with Crippen LogP contribution in [0.5, 0.6) is 0 Å². The number of ether oxygens (including phenoxy) is 1. The van der Waals surface area contributed by atoms with E-state index in [1.54, 1.807) is 13.8 Å². The van der Waals surface area contributed by atoms with Gasteiger partial charge in [0.2, 0.25) is 0 Å². The number of nitrogen functional groups attached to an aromatic ring is 1. The van der Waals surface area contributed by atoms with E-state index in [0.717, 1.165) is 4.68 Å². The first-order valence-electron chi connectivity index (χ1n) is 4.64. The van der Waals surface area contributed by atoms with Crippen LogP contribution < -0.4 is 5.84 Å². The third-order valence-corrected chi connectivity index (χ3v) is 2.13. The molecule has 0 atom stereocenters. The fraction of sp³-hybridized carbons (Fsp3) is 0.400. The molecule has 0 aliphatic heterocycles. The van der Waals surface area contributed by atoms with E-state index in [-0.39, 0.29) is 18.1 Å². The Balaban J connectivity index is 3.19. The first kappa shape index (κ1) is 11.3. The minimum atomic E-state index is -0.509. The van der Waals surface area contributed by atoms with Gasteiger partial charge in [0.15, 0.2) is 11.5 Å². The van der Waals surface area contributed by atoms with Crippen molar-refractivity contribution in [1.29, 1.82) is 0 Å². The maximum absolute atomic E-state index is 11.5. The lowest BCUT2D eigenvalue weighted by atomic mass is 10.1. The van der Waals surface area contributed by atoms with Crippen LogP contribution in [0.15, 0.2) is 6.20 Å². The van der Waals surface area contributed by atoms with Gasteiger partial charge in [-0.2, -0.15) is 0 Å². The summed E-state index contributed by atoms with van der Waals surface area (Å²) < 4.78 is 5.96. The van der Waals surface area contributed by atoms with Crippen molar-refractivity contribution in [2.75, 3.05) is 12.4 Å². The van der Waals surface area contributed by atoms with Gasteiger partial charge in [-0.05, 0) is 26.3 Å². The fourth-order valence-electron chi connectivity index (χ4n) is 1.43. The first-order chi connectivity index (χ1) is 6.99. The smallest absolute Gasteiger partial charge is 0.357 e. The van der Waals surface area contributed by atoms with E-state index >= 15 is 0 Å². The maximum Gasteiger partial charge on any atom is 0.357 e. The molecule has 0 aromatic carbocycles. The topological polar surface area (TPSA) is 74.3 Å². The van der Waals surface area contributed by atoms with Gasteiger partial charge in [-0.1, -0.05) is 0 Å². The minimum absolute atomic E-state index is 0.123. The van der Waals surface area contributed by atoms with Crippen LogP contribution in [0.25, 0.3) is 0 Å². The van der Waals surface area contributed by atoms with Crippen molar-refractivity contribution >= 4 is 11.8 Å². The largest absolute Gasteiger partial charge is 0.461 e. The highest BCUT2D eigenvalue weighted by molar-refractivity contribution is 6.00. The molecule has 1 rings (SSSR count). The molecule has 5 nitrogen and oxygen atoms in total. The number of carbonyl (C=O) groups excluding carboxylic acids is 2. The lowest BCUT2D eigenvalue weighted by molar-refractivity contribution is 0.0515. The van der Waals surface area contributed by atoms with E-state index in [4.69, 9.17) is 10.6 Å². The molecule has 15 heavy (non-hydrogen) atoms. The molecule has 0 amide bonds. The molecule has 0 saturated heterocycles. The van der Waals surface area contributed by atoms with E-state index in [2.05, 4.69) is 0 Å². The molecule has 0 spiro atoms. The third-order valence-electron chi connectivity index (χ3n) is 2.13. The SMILES string of the molecule is CCOC(=O)c1c(C)c(C(C)=O)cn1N. The van der Waals surface area contributed by atoms with E-state index in [1.165, 1.54) is 13.1 Å². The number of ketones is 1. The highest BCUT2D eigenvalue weighted by atomic mass is 16.5. The second-order valence-electron chi connectivity index (χ2n) is 3.20. The van der Waals surface area contributed by atoms with Crippen LogP contribution in [0.3, 0.4) is 0 Å². The molecule has 1 aromatic heterocycles. The van der Waals surface area contributed by atoms with Crippen LogP contribution >= 0.6 is 0 Å². The number of aromatic nitrogens is 1. The Morgan fingerprint density at radius 2 is 2.13 bits per heavy atom. The summed E-state index contributed by atoms with van der Waals surface area (Å²) in [6, 6.07) is 0. The summed E-state index contributed by atoms with van der Waals surface area (Å²) in [4.78, 5) is 22.7. The Labute approximate surface area is 87.8 Å². The van der Waals surface area contributed by atoms with E-state index in [1.807, 2.05) is 0 Å². The number of carbonyl (C=O) groups is 2. The molecule has 1 aromatic rings. The zero-order valence-electron chi connectivity index (χ0n) is 9.03. The van der Waals surface area contributed by atoms with Gasteiger partial charge in [-0.15, -0.1) is 0 Å². The Kier molecular flexibility index (Phi) is 3.14. The predicted molar refractivity (Wildman–Crippen MR) is 55.3 cm³/mol. The highest BCUT2D eigenvalue weighted by Crippen LogP contribution is 2.16. The molecule has 1 heterocycles. The van der Waals surface area contributed by atoms with Crippen LogP contribution in [0.1, 0.15) is 40.3 Å². The highest BCUT2D eigenvalue weighted by Gasteiger charge is 2.20. The molecule has 0 fully saturated rings. The number of esters is 1. The van der Waals surface area contributed by atoms with Gasteiger partial charge >= 0.3 is 5.97 Å². The lowest BCUT2D eigenvalue weighted by Gasteiger charge is -2.03. The summed E-state index contributed by atoms with van der Waals surface area (Å²) in [5.74, 6) is 4.94. The Hall–Kier alpha value is -1.78. The van der Waals surface area contributed by atoms with E-state index < -0.39 is 5.97 Å². The summed E-state index contributed by atoms with van der Waals surface area (Å²) in [6.45, 7) is 5.09. The van der Waals surface area contributed by atoms with Crippen LogP contribution in [0.2, 0.25) is 0 Å². The van der Waals surface area contributed by atoms with Gasteiger partial charge in [0, 0.05) is 11.8 Å². The monoisotopic (exact) mass is 210 g/mol. The van der Waals surface area contributed by atoms with Gasteiger partial charge in [0.1, 0.15) is 0 Å². The second-order valence-corrected chi connectivity index (χ2v) is 3.20. The molecule has 2 N–H and O–H groups in total. The normalized spacial score (nSPS) is 10.1. The zero-order chi connectivity index (χ0) is 11.6. The van der Waals surface area contributed by atoms with Gasteiger partial charge in [-0.3, -0.25) is 9.47 Å². The van der Waals surface area contributed by atoms with Gasteiger partial charge in [-0.25, -0.2) is 4.79 Å². The number of rotatable bonds is 3. The minimum Gasteiger partial charge on any atom is -0.461 e. The Morgan fingerprint density at radius 3 is 2.53 bits per heavy atom. The molecule has 0 bridgehead atoms. The number of Topliss-reactive ketones (excluding diaryl/α,β-unsaturated/α-hetero) is 1. The molecule has 0 aliphatic rings. The third kappa shape index (κ3) is 2.01. The van der Waals surface area contributed by atoms with Gasteiger partial charge in [0.25, 0.3) is 0 Å². The van der Waals surface area contributed by atoms with Crippen molar-refractivity contribution in [2.45, 2.75) is 20.8 Å². The van der Waals surface area contributed by atoms with Gasteiger partial charge in [0.05, 0.1) is 6.61 Å². The number of nitrogens with zero attached hydrogens (tertiary/aromatic N) is 1. The number of hydrogen-bond acceptors (Lipinski definition) is 4. The van der Waals surface area contributed by atoms with Gasteiger partial charge < -0.3 is 10.6 Å².